The van der Waals surface area contributed by atoms with Crippen molar-refractivity contribution in [3.63, 3.8) is 0 Å². The lowest BCUT2D eigenvalue weighted by atomic mass is 9.98. The Morgan fingerprint density at radius 1 is 1.10 bits per heavy atom. The molecule has 156 valence electrons. The van der Waals surface area contributed by atoms with Gasteiger partial charge in [-0.1, -0.05) is 37.6 Å². The van der Waals surface area contributed by atoms with E-state index in [0.717, 1.165) is 11.1 Å². The molecule has 2 aromatic rings. The van der Waals surface area contributed by atoms with Gasteiger partial charge in [0, 0.05) is 12.1 Å². The van der Waals surface area contributed by atoms with E-state index >= 15 is 0 Å². The molecule has 0 spiro atoms. The first kappa shape index (κ1) is 22.8. The monoisotopic (exact) mass is 419 g/mol. The van der Waals surface area contributed by atoms with E-state index in [1.54, 1.807) is 18.2 Å². The van der Waals surface area contributed by atoms with Crippen molar-refractivity contribution in [2.75, 3.05) is 11.9 Å². The summed E-state index contributed by atoms with van der Waals surface area (Å²) < 4.78 is 14.8. The van der Waals surface area contributed by atoms with Gasteiger partial charge in [-0.3, -0.25) is 9.59 Å². The molecular formula is C22H27ClFN3O2. The highest BCUT2D eigenvalue weighted by molar-refractivity contribution is 6.01. The molecule has 1 atom stereocenters. The molecule has 0 bridgehead atoms. The van der Waals surface area contributed by atoms with Crippen molar-refractivity contribution in [1.29, 1.82) is 0 Å². The molecule has 3 N–H and O–H groups in total. The Hall–Kier alpha value is -2.44. The van der Waals surface area contributed by atoms with Gasteiger partial charge >= 0.3 is 0 Å². The van der Waals surface area contributed by atoms with E-state index in [4.69, 9.17) is 0 Å². The van der Waals surface area contributed by atoms with E-state index < -0.39 is 11.9 Å². The zero-order chi connectivity index (χ0) is 20.3. The van der Waals surface area contributed by atoms with E-state index in [2.05, 4.69) is 16.0 Å². The molecule has 1 aliphatic heterocycles. The number of benzene rings is 2. The van der Waals surface area contributed by atoms with Crippen LogP contribution < -0.4 is 16.0 Å². The standard InChI is InChI=1S/C22H26FN3O2.ClH/c1-13(2)20(26-21(27)15-6-4-14(3)5-7-15)22(28)25-18-9-8-16-12-24-11-10-17(16)19(18)23;/h4-9,13,20,24H,10-12H2,1-3H3,(H,25,28)(H,26,27);1H. The van der Waals surface area contributed by atoms with Gasteiger partial charge in [0.1, 0.15) is 11.9 Å². The lowest BCUT2D eigenvalue weighted by Gasteiger charge is -2.23. The third-order valence-corrected chi connectivity index (χ3v) is 5.01. The first-order chi connectivity index (χ1) is 13.4. The maximum absolute atomic E-state index is 14.8. The third-order valence-electron chi connectivity index (χ3n) is 5.01. The van der Waals surface area contributed by atoms with Gasteiger partial charge in [0.2, 0.25) is 5.91 Å². The Labute approximate surface area is 176 Å². The van der Waals surface area contributed by atoms with Crippen LogP contribution in [0.3, 0.4) is 0 Å². The van der Waals surface area contributed by atoms with E-state index in [1.807, 2.05) is 39.0 Å². The summed E-state index contributed by atoms with van der Waals surface area (Å²) in [4.78, 5) is 25.3. The lowest BCUT2D eigenvalue weighted by Crippen LogP contribution is -2.47. The fourth-order valence-electron chi connectivity index (χ4n) is 3.31. The third kappa shape index (κ3) is 5.34. The number of carbonyl (C=O) groups excluding carboxylic acids is 2. The fraction of sp³-hybridized carbons (Fsp3) is 0.364. The van der Waals surface area contributed by atoms with Crippen molar-refractivity contribution in [1.82, 2.24) is 10.6 Å². The predicted molar refractivity (Wildman–Crippen MR) is 115 cm³/mol. The average molecular weight is 420 g/mol. The highest BCUT2D eigenvalue weighted by Crippen LogP contribution is 2.25. The zero-order valence-corrected chi connectivity index (χ0v) is 17.7. The molecule has 0 radical (unpaired) electrons. The highest BCUT2D eigenvalue weighted by Gasteiger charge is 2.26. The number of rotatable bonds is 5. The van der Waals surface area contributed by atoms with Gasteiger partial charge in [0.05, 0.1) is 5.69 Å². The molecule has 0 saturated carbocycles. The average Bonchev–Trinajstić information content (AvgIpc) is 2.68. The Morgan fingerprint density at radius 2 is 1.79 bits per heavy atom. The molecule has 1 heterocycles. The second-order valence-corrected chi connectivity index (χ2v) is 7.54. The van der Waals surface area contributed by atoms with Gasteiger partial charge < -0.3 is 16.0 Å². The quantitative estimate of drug-likeness (QED) is 0.693. The number of hydrogen-bond donors (Lipinski definition) is 3. The minimum atomic E-state index is -0.772. The van der Waals surface area contributed by atoms with Crippen LogP contribution in [-0.2, 0) is 17.8 Å². The number of carbonyl (C=O) groups is 2. The summed E-state index contributed by atoms with van der Waals surface area (Å²) in [5, 5.41) is 8.63. The van der Waals surface area contributed by atoms with Crippen molar-refractivity contribution in [3.05, 3.63) is 64.5 Å². The molecule has 0 fully saturated rings. The molecule has 2 amide bonds. The minimum Gasteiger partial charge on any atom is -0.340 e. The first-order valence-electron chi connectivity index (χ1n) is 9.56. The molecule has 29 heavy (non-hydrogen) atoms. The maximum atomic E-state index is 14.8. The second-order valence-electron chi connectivity index (χ2n) is 7.54. The number of halogens is 2. The predicted octanol–water partition coefficient (Wildman–Crippen LogP) is 3.59. The molecular weight excluding hydrogens is 393 g/mol. The summed E-state index contributed by atoms with van der Waals surface area (Å²) >= 11 is 0. The number of amides is 2. The van der Waals surface area contributed by atoms with Crippen LogP contribution in [0, 0.1) is 18.7 Å². The van der Waals surface area contributed by atoms with Crippen molar-refractivity contribution >= 4 is 29.9 Å². The normalized spacial score (nSPS) is 13.8. The Morgan fingerprint density at radius 3 is 2.45 bits per heavy atom. The number of hydrogen-bond acceptors (Lipinski definition) is 3. The van der Waals surface area contributed by atoms with Crippen LogP contribution in [0.1, 0.15) is 40.9 Å². The SMILES string of the molecule is Cc1ccc(C(=O)NC(C(=O)Nc2ccc3c(c2F)CCNC3)C(C)C)cc1.Cl. The fourth-order valence-corrected chi connectivity index (χ4v) is 3.31. The van der Waals surface area contributed by atoms with Crippen LogP contribution >= 0.6 is 12.4 Å². The van der Waals surface area contributed by atoms with Gasteiger partial charge in [-0.2, -0.15) is 0 Å². The lowest BCUT2D eigenvalue weighted by molar-refractivity contribution is -0.118. The van der Waals surface area contributed by atoms with E-state index in [0.29, 0.717) is 30.6 Å². The van der Waals surface area contributed by atoms with Crippen LogP contribution in [0.25, 0.3) is 0 Å². The van der Waals surface area contributed by atoms with Crippen molar-refractivity contribution in [2.45, 2.75) is 39.8 Å². The highest BCUT2D eigenvalue weighted by atomic mass is 35.5. The number of anilines is 1. The maximum Gasteiger partial charge on any atom is 0.251 e. The van der Waals surface area contributed by atoms with Gasteiger partial charge in [-0.25, -0.2) is 4.39 Å². The summed E-state index contributed by atoms with van der Waals surface area (Å²) in [6.07, 6.45) is 0.586. The summed E-state index contributed by atoms with van der Waals surface area (Å²) in [5.41, 5.74) is 3.24. The van der Waals surface area contributed by atoms with Crippen LogP contribution in [0.4, 0.5) is 10.1 Å². The molecule has 1 aliphatic rings. The zero-order valence-electron chi connectivity index (χ0n) is 16.8. The Kier molecular flexibility index (Phi) is 7.76. The van der Waals surface area contributed by atoms with Crippen LogP contribution in [0.2, 0.25) is 0 Å². The second kappa shape index (κ2) is 9.85. The first-order valence-corrected chi connectivity index (χ1v) is 9.56. The van der Waals surface area contributed by atoms with Crippen molar-refractivity contribution < 1.29 is 14.0 Å². The summed E-state index contributed by atoms with van der Waals surface area (Å²) in [6.45, 7) is 6.96. The Bertz CT molecular complexity index is 884. The molecule has 2 aromatic carbocycles. The van der Waals surface area contributed by atoms with E-state index in [9.17, 15) is 14.0 Å². The van der Waals surface area contributed by atoms with E-state index in [-0.39, 0.29) is 35.7 Å². The summed E-state index contributed by atoms with van der Waals surface area (Å²) in [5.74, 6) is -1.30. The van der Waals surface area contributed by atoms with Crippen LogP contribution in [-0.4, -0.2) is 24.4 Å². The summed E-state index contributed by atoms with van der Waals surface area (Å²) in [6, 6.07) is 9.76. The van der Waals surface area contributed by atoms with Gasteiger partial charge in [-0.05, 0) is 55.1 Å². The molecule has 0 aromatic heterocycles. The smallest absolute Gasteiger partial charge is 0.251 e. The molecule has 0 saturated heterocycles. The number of nitrogens with one attached hydrogen (secondary N) is 3. The van der Waals surface area contributed by atoms with Crippen LogP contribution in [0.15, 0.2) is 36.4 Å². The minimum absolute atomic E-state index is 0. The number of aryl methyl sites for hydroxylation is 1. The van der Waals surface area contributed by atoms with Crippen molar-refractivity contribution in [3.8, 4) is 0 Å². The Balaban J connectivity index is 0.00000300. The molecule has 0 aliphatic carbocycles. The van der Waals surface area contributed by atoms with Gasteiger partial charge in [-0.15, -0.1) is 12.4 Å². The molecule has 7 heteroatoms. The van der Waals surface area contributed by atoms with E-state index in [1.165, 1.54) is 0 Å². The van der Waals surface area contributed by atoms with Crippen LogP contribution in [0.5, 0.6) is 0 Å². The van der Waals surface area contributed by atoms with Gasteiger partial charge in [0.15, 0.2) is 0 Å². The topological polar surface area (TPSA) is 70.2 Å². The largest absolute Gasteiger partial charge is 0.340 e. The van der Waals surface area contributed by atoms with Crippen molar-refractivity contribution in [2.24, 2.45) is 5.92 Å². The van der Waals surface area contributed by atoms with Gasteiger partial charge in [0.25, 0.3) is 5.91 Å². The molecule has 5 nitrogen and oxygen atoms in total. The summed E-state index contributed by atoms with van der Waals surface area (Å²) in [7, 11) is 0. The molecule has 1 unspecified atom stereocenters. The number of fused-ring (bicyclic) bond motifs is 1. The molecule has 3 rings (SSSR count).